The van der Waals surface area contributed by atoms with Gasteiger partial charge in [-0.3, -0.25) is 4.79 Å². The molecule has 7 nitrogen and oxygen atoms in total. The topological polar surface area (TPSA) is 83.1 Å². The normalized spacial score (nSPS) is 10.3. The molecule has 0 aromatic heterocycles. The Kier molecular flexibility index (Phi) is 8.16. The third kappa shape index (κ3) is 5.96. The molecule has 0 radical (unpaired) electrons. The Morgan fingerprint density at radius 1 is 0.848 bits per heavy atom. The summed E-state index contributed by atoms with van der Waals surface area (Å²) >= 11 is 6.13. The number of carbonyl (C=O) groups excluding carboxylic acids is 2. The second-order valence-electron chi connectivity index (χ2n) is 6.92. The van der Waals surface area contributed by atoms with Crippen LogP contribution in [-0.2, 0) is 11.2 Å². The van der Waals surface area contributed by atoms with E-state index in [1.165, 1.54) is 26.4 Å². The van der Waals surface area contributed by atoms with Crippen LogP contribution in [0.15, 0.2) is 60.7 Å². The minimum atomic E-state index is -0.612. The molecule has 0 aliphatic heterocycles. The number of anilines is 1. The van der Waals surface area contributed by atoms with Crippen LogP contribution < -0.4 is 19.5 Å². The van der Waals surface area contributed by atoms with Crippen molar-refractivity contribution in [3.8, 4) is 17.2 Å². The molecule has 172 valence electrons. The second kappa shape index (κ2) is 11.2. The highest BCUT2D eigenvalue weighted by Gasteiger charge is 2.21. The zero-order valence-electron chi connectivity index (χ0n) is 18.5. The lowest BCUT2D eigenvalue weighted by molar-refractivity contribution is 0.0510. The minimum absolute atomic E-state index is 0.128. The van der Waals surface area contributed by atoms with Crippen molar-refractivity contribution in [1.29, 1.82) is 0 Å². The van der Waals surface area contributed by atoms with Crippen molar-refractivity contribution in [2.75, 3.05) is 33.3 Å². The first kappa shape index (κ1) is 23.9. The maximum absolute atomic E-state index is 12.9. The maximum atomic E-state index is 12.9. The quantitative estimate of drug-likeness (QED) is 0.443. The monoisotopic (exact) mass is 469 g/mol. The highest BCUT2D eigenvalue weighted by molar-refractivity contribution is 6.34. The van der Waals surface area contributed by atoms with Gasteiger partial charge in [0.15, 0.2) is 11.5 Å². The van der Waals surface area contributed by atoms with Crippen molar-refractivity contribution in [3.05, 3.63) is 82.4 Å². The first-order valence-electron chi connectivity index (χ1n) is 10.1. The SMILES string of the molecule is COc1ccc(CCOC(=O)c2cc(OC)c(OC)cc2NC(=O)c2ccccc2Cl)cc1. The van der Waals surface area contributed by atoms with Crippen molar-refractivity contribution in [1.82, 2.24) is 0 Å². The van der Waals surface area contributed by atoms with Crippen LogP contribution in [0.4, 0.5) is 5.69 Å². The first-order valence-corrected chi connectivity index (χ1v) is 10.5. The van der Waals surface area contributed by atoms with Crippen LogP contribution >= 0.6 is 11.6 Å². The summed E-state index contributed by atoms with van der Waals surface area (Å²) in [5.74, 6) is 0.344. The third-order valence-electron chi connectivity index (χ3n) is 4.89. The maximum Gasteiger partial charge on any atom is 0.340 e. The molecule has 0 unspecified atom stereocenters. The smallest absolute Gasteiger partial charge is 0.340 e. The molecule has 0 atom stereocenters. The van der Waals surface area contributed by atoms with Crippen molar-refractivity contribution in [2.45, 2.75) is 6.42 Å². The summed E-state index contributed by atoms with van der Waals surface area (Å²) in [6.07, 6.45) is 0.518. The summed E-state index contributed by atoms with van der Waals surface area (Å²) in [5, 5.41) is 3.01. The lowest BCUT2D eigenvalue weighted by atomic mass is 10.1. The van der Waals surface area contributed by atoms with E-state index in [2.05, 4.69) is 5.32 Å². The van der Waals surface area contributed by atoms with E-state index in [9.17, 15) is 9.59 Å². The van der Waals surface area contributed by atoms with Gasteiger partial charge in [-0.25, -0.2) is 4.79 Å². The lowest BCUT2D eigenvalue weighted by Gasteiger charge is -2.15. The summed E-state index contributed by atoms with van der Waals surface area (Å²) in [6.45, 7) is 0.150. The van der Waals surface area contributed by atoms with Crippen molar-refractivity contribution >= 4 is 29.2 Å². The molecule has 0 bridgehead atoms. The van der Waals surface area contributed by atoms with Crippen molar-refractivity contribution < 1.29 is 28.5 Å². The molecule has 33 heavy (non-hydrogen) atoms. The van der Waals surface area contributed by atoms with Crippen LogP contribution in [0, 0.1) is 0 Å². The number of esters is 1. The van der Waals surface area contributed by atoms with E-state index in [0.717, 1.165) is 11.3 Å². The van der Waals surface area contributed by atoms with E-state index in [1.54, 1.807) is 31.4 Å². The van der Waals surface area contributed by atoms with Crippen LogP contribution in [0.1, 0.15) is 26.3 Å². The highest BCUT2D eigenvalue weighted by atomic mass is 35.5. The predicted molar refractivity (Wildman–Crippen MR) is 126 cm³/mol. The van der Waals surface area contributed by atoms with Gasteiger partial charge in [-0.2, -0.15) is 0 Å². The van der Waals surface area contributed by atoms with Crippen LogP contribution in [0.5, 0.6) is 17.2 Å². The molecule has 3 aromatic carbocycles. The van der Waals surface area contributed by atoms with Gasteiger partial charge in [-0.15, -0.1) is 0 Å². The van der Waals surface area contributed by atoms with Crippen molar-refractivity contribution in [3.63, 3.8) is 0 Å². The second-order valence-corrected chi connectivity index (χ2v) is 7.33. The zero-order valence-corrected chi connectivity index (χ0v) is 19.3. The van der Waals surface area contributed by atoms with Gasteiger partial charge in [0, 0.05) is 18.6 Å². The van der Waals surface area contributed by atoms with E-state index in [0.29, 0.717) is 22.9 Å². The molecule has 3 rings (SSSR count). The average Bonchev–Trinajstić information content (AvgIpc) is 2.84. The Bertz CT molecular complexity index is 1130. The molecule has 0 spiro atoms. The van der Waals surface area contributed by atoms with Crippen LogP contribution in [0.25, 0.3) is 0 Å². The summed E-state index contributed by atoms with van der Waals surface area (Å²) in [5.41, 5.74) is 1.60. The molecule has 0 fully saturated rings. The number of rotatable bonds is 9. The largest absolute Gasteiger partial charge is 0.497 e. The molecule has 0 saturated heterocycles. The summed E-state index contributed by atoms with van der Waals surface area (Å²) < 4.78 is 21.2. The molecule has 3 aromatic rings. The van der Waals surface area contributed by atoms with E-state index >= 15 is 0 Å². The van der Waals surface area contributed by atoms with Gasteiger partial charge in [0.25, 0.3) is 5.91 Å². The van der Waals surface area contributed by atoms with Crippen LogP contribution in [0.2, 0.25) is 5.02 Å². The summed E-state index contributed by atoms with van der Waals surface area (Å²) in [6, 6.07) is 17.1. The van der Waals surface area contributed by atoms with Gasteiger partial charge < -0.3 is 24.3 Å². The number of amides is 1. The number of carbonyl (C=O) groups is 2. The van der Waals surface area contributed by atoms with E-state index in [1.807, 2.05) is 24.3 Å². The number of hydrogen-bond acceptors (Lipinski definition) is 6. The fourth-order valence-corrected chi connectivity index (χ4v) is 3.34. The summed E-state index contributed by atoms with van der Waals surface area (Å²) in [4.78, 5) is 25.7. The van der Waals surface area contributed by atoms with E-state index in [4.69, 9.17) is 30.5 Å². The van der Waals surface area contributed by atoms with E-state index in [-0.39, 0.29) is 23.4 Å². The minimum Gasteiger partial charge on any atom is -0.497 e. The fourth-order valence-electron chi connectivity index (χ4n) is 3.12. The molecule has 0 saturated carbocycles. The van der Waals surface area contributed by atoms with Crippen molar-refractivity contribution in [2.24, 2.45) is 0 Å². The molecule has 0 aliphatic rings. The van der Waals surface area contributed by atoms with Gasteiger partial charge in [-0.05, 0) is 29.8 Å². The lowest BCUT2D eigenvalue weighted by Crippen LogP contribution is -2.17. The van der Waals surface area contributed by atoms with Gasteiger partial charge in [0.1, 0.15) is 5.75 Å². The standard InChI is InChI=1S/C25H24ClNO6/c1-30-17-10-8-16(9-11-17)12-13-33-25(29)19-14-22(31-2)23(32-3)15-21(19)27-24(28)18-6-4-5-7-20(18)26/h4-11,14-15H,12-13H2,1-3H3,(H,27,28). The van der Waals surface area contributed by atoms with E-state index < -0.39 is 11.9 Å². The number of benzene rings is 3. The zero-order chi connectivity index (χ0) is 23.8. The Labute approximate surface area is 197 Å². The van der Waals surface area contributed by atoms with Crippen LogP contribution in [0.3, 0.4) is 0 Å². The number of ether oxygens (including phenoxy) is 4. The molecular weight excluding hydrogens is 446 g/mol. The van der Waals surface area contributed by atoms with Gasteiger partial charge in [0.05, 0.1) is 49.8 Å². The number of hydrogen-bond donors (Lipinski definition) is 1. The van der Waals surface area contributed by atoms with Gasteiger partial charge in [-0.1, -0.05) is 35.9 Å². The molecule has 8 heteroatoms. The molecular formula is C25H24ClNO6. The van der Waals surface area contributed by atoms with Gasteiger partial charge >= 0.3 is 5.97 Å². The molecule has 1 N–H and O–H groups in total. The highest BCUT2D eigenvalue weighted by Crippen LogP contribution is 2.34. The number of nitrogens with one attached hydrogen (secondary N) is 1. The molecule has 0 heterocycles. The Morgan fingerprint density at radius 2 is 1.52 bits per heavy atom. The average molecular weight is 470 g/mol. The third-order valence-corrected chi connectivity index (χ3v) is 5.22. The fraction of sp³-hybridized carbons (Fsp3) is 0.200. The first-order chi connectivity index (χ1) is 16.0. The predicted octanol–water partition coefficient (Wildman–Crippen LogP) is 5.02. The Balaban J connectivity index is 1.80. The molecule has 1 amide bonds. The number of halogens is 1. The van der Waals surface area contributed by atoms with Crippen LogP contribution in [-0.4, -0.2) is 39.8 Å². The molecule has 0 aliphatic carbocycles. The summed E-state index contributed by atoms with van der Waals surface area (Å²) in [7, 11) is 4.52. The Hall–Kier alpha value is -3.71. The Morgan fingerprint density at radius 3 is 2.15 bits per heavy atom. The van der Waals surface area contributed by atoms with Gasteiger partial charge in [0.2, 0.25) is 0 Å². The number of methoxy groups -OCH3 is 3.